The average Bonchev–Trinajstić information content (AvgIpc) is 2.90. The van der Waals surface area contributed by atoms with E-state index < -0.39 is 23.8 Å². The molecular formula is C13H18N2O5. The van der Waals surface area contributed by atoms with Crippen molar-refractivity contribution in [3.05, 3.63) is 24.2 Å². The Labute approximate surface area is 116 Å². The largest absolute Gasteiger partial charge is 0.480 e. The molecule has 1 rings (SSSR count). The number of nitrogens with zero attached hydrogens (tertiary/aromatic N) is 1. The molecule has 1 heterocycles. The number of nitrogens with one attached hydrogen (secondary N) is 1. The summed E-state index contributed by atoms with van der Waals surface area (Å²) in [6.45, 7) is 3.32. The van der Waals surface area contributed by atoms with Gasteiger partial charge in [0.2, 0.25) is 5.91 Å². The van der Waals surface area contributed by atoms with E-state index in [4.69, 9.17) is 9.52 Å². The number of hydrogen-bond acceptors (Lipinski definition) is 4. The van der Waals surface area contributed by atoms with Crippen molar-refractivity contribution in [2.24, 2.45) is 0 Å². The molecule has 0 saturated heterocycles. The van der Waals surface area contributed by atoms with Gasteiger partial charge in [0.15, 0.2) is 0 Å². The molecule has 1 atom stereocenters. The Balaban J connectivity index is 2.64. The van der Waals surface area contributed by atoms with Crippen LogP contribution in [0.5, 0.6) is 0 Å². The van der Waals surface area contributed by atoms with Gasteiger partial charge >= 0.3 is 5.97 Å². The van der Waals surface area contributed by atoms with Crippen LogP contribution < -0.4 is 5.32 Å². The molecule has 20 heavy (non-hydrogen) atoms. The number of rotatable bonds is 7. The summed E-state index contributed by atoms with van der Waals surface area (Å²) in [6.07, 6.45) is 3.27. The van der Waals surface area contributed by atoms with E-state index in [-0.39, 0.29) is 6.54 Å². The molecule has 1 aromatic heterocycles. The van der Waals surface area contributed by atoms with E-state index in [1.807, 2.05) is 6.92 Å². The van der Waals surface area contributed by atoms with Gasteiger partial charge in [0.1, 0.15) is 18.8 Å². The quantitative estimate of drug-likeness (QED) is 0.767. The Morgan fingerprint density at radius 1 is 1.45 bits per heavy atom. The van der Waals surface area contributed by atoms with Gasteiger partial charge in [-0.2, -0.15) is 0 Å². The van der Waals surface area contributed by atoms with Gasteiger partial charge in [-0.1, -0.05) is 6.92 Å². The number of carbonyl (C=O) groups is 3. The number of carboxylic acid groups (broad SMARTS) is 1. The van der Waals surface area contributed by atoms with Gasteiger partial charge in [0, 0.05) is 6.54 Å². The van der Waals surface area contributed by atoms with E-state index in [1.54, 1.807) is 0 Å². The zero-order valence-corrected chi connectivity index (χ0v) is 11.5. The molecule has 0 radical (unpaired) electrons. The fraction of sp³-hybridized carbons (Fsp3) is 0.462. The Bertz CT molecular complexity index is 469. The van der Waals surface area contributed by atoms with Gasteiger partial charge in [0.25, 0.3) is 5.91 Å². The van der Waals surface area contributed by atoms with Gasteiger partial charge < -0.3 is 19.7 Å². The first-order valence-electron chi connectivity index (χ1n) is 6.29. The Hall–Kier alpha value is -2.31. The Morgan fingerprint density at radius 2 is 2.15 bits per heavy atom. The van der Waals surface area contributed by atoms with Crippen molar-refractivity contribution < 1.29 is 23.9 Å². The lowest BCUT2D eigenvalue weighted by molar-refractivity contribution is -0.145. The van der Waals surface area contributed by atoms with Crippen molar-refractivity contribution in [1.29, 1.82) is 0 Å². The van der Waals surface area contributed by atoms with E-state index >= 15 is 0 Å². The van der Waals surface area contributed by atoms with E-state index in [0.717, 1.165) is 0 Å². The van der Waals surface area contributed by atoms with Crippen LogP contribution in [-0.4, -0.2) is 46.9 Å². The van der Waals surface area contributed by atoms with Crippen molar-refractivity contribution >= 4 is 17.8 Å². The highest BCUT2D eigenvalue weighted by atomic mass is 16.4. The highest BCUT2D eigenvalue weighted by molar-refractivity contribution is 5.97. The Morgan fingerprint density at radius 3 is 2.65 bits per heavy atom. The van der Waals surface area contributed by atoms with Crippen LogP contribution in [0.25, 0.3) is 0 Å². The molecule has 7 nitrogen and oxygen atoms in total. The lowest BCUT2D eigenvalue weighted by Crippen LogP contribution is -2.48. The molecule has 0 aliphatic carbocycles. The minimum Gasteiger partial charge on any atom is -0.480 e. The summed E-state index contributed by atoms with van der Waals surface area (Å²) in [4.78, 5) is 35.8. The molecule has 0 aromatic carbocycles. The van der Waals surface area contributed by atoms with Crippen molar-refractivity contribution in [2.75, 3.05) is 13.1 Å². The third kappa shape index (κ3) is 4.42. The monoisotopic (exact) mass is 282 g/mol. The minimum atomic E-state index is -1.08. The second kappa shape index (κ2) is 7.32. The molecule has 0 aliphatic heterocycles. The number of aliphatic carboxylic acids is 1. The van der Waals surface area contributed by atoms with Gasteiger partial charge in [-0.15, -0.1) is 0 Å². The molecule has 110 valence electrons. The van der Waals surface area contributed by atoms with Crippen molar-refractivity contribution in [3.63, 3.8) is 0 Å². The van der Waals surface area contributed by atoms with Crippen LogP contribution in [-0.2, 0) is 9.59 Å². The van der Waals surface area contributed by atoms with Gasteiger partial charge in [0.05, 0.1) is 11.8 Å². The maximum atomic E-state index is 12.1. The fourth-order valence-corrected chi connectivity index (χ4v) is 1.71. The van der Waals surface area contributed by atoms with E-state index in [0.29, 0.717) is 18.5 Å². The molecule has 0 fully saturated rings. The third-order valence-corrected chi connectivity index (χ3v) is 2.63. The first-order chi connectivity index (χ1) is 9.45. The summed E-state index contributed by atoms with van der Waals surface area (Å²) < 4.78 is 4.78. The van der Waals surface area contributed by atoms with Crippen LogP contribution in [0.3, 0.4) is 0 Å². The lowest BCUT2D eigenvalue weighted by atomic mass is 10.2. The van der Waals surface area contributed by atoms with Crippen LogP contribution in [0.15, 0.2) is 23.0 Å². The zero-order chi connectivity index (χ0) is 15.1. The van der Waals surface area contributed by atoms with Gasteiger partial charge in [-0.3, -0.25) is 14.4 Å². The standard InChI is InChI=1S/C13H18N2O5/c1-3-5-15(7-11(16)17)13(19)9(2)14-12(18)10-4-6-20-8-10/h4,6,8-9H,3,5,7H2,1-2H3,(H,14,18)(H,16,17). The third-order valence-electron chi connectivity index (χ3n) is 2.63. The van der Waals surface area contributed by atoms with Crippen LogP contribution in [0, 0.1) is 0 Å². The second-order valence-electron chi connectivity index (χ2n) is 4.36. The van der Waals surface area contributed by atoms with E-state index in [2.05, 4.69) is 5.32 Å². The number of carbonyl (C=O) groups excluding carboxylic acids is 2. The van der Waals surface area contributed by atoms with Gasteiger partial charge in [-0.25, -0.2) is 0 Å². The summed E-state index contributed by atoms with van der Waals surface area (Å²) >= 11 is 0. The molecule has 0 saturated carbocycles. The SMILES string of the molecule is CCCN(CC(=O)O)C(=O)C(C)NC(=O)c1ccoc1. The molecule has 1 aromatic rings. The lowest BCUT2D eigenvalue weighted by Gasteiger charge is -2.24. The summed E-state index contributed by atoms with van der Waals surface area (Å²) in [6, 6.07) is 0.677. The first-order valence-corrected chi connectivity index (χ1v) is 6.29. The molecule has 7 heteroatoms. The fourth-order valence-electron chi connectivity index (χ4n) is 1.71. The number of amides is 2. The summed E-state index contributed by atoms with van der Waals surface area (Å²) in [5, 5.41) is 11.3. The first kappa shape index (κ1) is 15.7. The smallest absolute Gasteiger partial charge is 0.323 e. The molecule has 0 bridgehead atoms. The van der Waals surface area contributed by atoms with Crippen LogP contribution >= 0.6 is 0 Å². The van der Waals surface area contributed by atoms with E-state index in [1.165, 1.54) is 30.4 Å². The minimum absolute atomic E-state index is 0.310. The molecule has 0 aliphatic rings. The van der Waals surface area contributed by atoms with Crippen molar-refractivity contribution in [3.8, 4) is 0 Å². The zero-order valence-electron chi connectivity index (χ0n) is 11.5. The highest BCUT2D eigenvalue weighted by Crippen LogP contribution is 2.02. The van der Waals surface area contributed by atoms with Gasteiger partial charge in [-0.05, 0) is 19.4 Å². The molecule has 2 amide bonds. The maximum Gasteiger partial charge on any atom is 0.323 e. The summed E-state index contributed by atoms with van der Waals surface area (Å²) in [7, 11) is 0. The molecule has 1 unspecified atom stereocenters. The average molecular weight is 282 g/mol. The number of furan rings is 1. The van der Waals surface area contributed by atoms with Crippen LogP contribution in [0.4, 0.5) is 0 Å². The predicted molar refractivity (Wildman–Crippen MR) is 70.1 cm³/mol. The number of carboxylic acids is 1. The Kier molecular flexibility index (Phi) is 5.76. The number of hydrogen-bond donors (Lipinski definition) is 2. The summed E-state index contributed by atoms with van der Waals surface area (Å²) in [5.74, 6) is -1.95. The molecular weight excluding hydrogens is 264 g/mol. The second-order valence-corrected chi connectivity index (χ2v) is 4.36. The molecule has 2 N–H and O–H groups in total. The normalized spacial score (nSPS) is 11.7. The van der Waals surface area contributed by atoms with Crippen molar-refractivity contribution in [2.45, 2.75) is 26.3 Å². The highest BCUT2D eigenvalue weighted by Gasteiger charge is 2.23. The van der Waals surface area contributed by atoms with Crippen LogP contribution in [0.2, 0.25) is 0 Å². The maximum absolute atomic E-state index is 12.1. The van der Waals surface area contributed by atoms with Crippen LogP contribution in [0.1, 0.15) is 30.6 Å². The topological polar surface area (TPSA) is 99.9 Å². The van der Waals surface area contributed by atoms with E-state index in [9.17, 15) is 14.4 Å². The predicted octanol–water partition coefficient (Wildman–Crippen LogP) is 0.721. The summed E-state index contributed by atoms with van der Waals surface area (Å²) in [5.41, 5.74) is 0.310. The van der Waals surface area contributed by atoms with Crippen molar-refractivity contribution in [1.82, 2.24) is 10.2 Å². The molecule has 0 spiro atoms.